The number of anilines is 1. The van der Waals surface area contributed by atoms with E-state index in [4.69, 9.17) is 0 Å². The summed E-state index contributed by atoms with van der Waals surface area (Å²) in [5.41, 5.74) is 2.03. The Morgan fingerprint density at radius 3 is 2.79 bits per heavy atom. The molecule has 0 bridgehead atoms. The number of nitrogens with one attached hydrogen (secondary N) is 1. The van der Waals surface area contributed by atoms with E-state index in [0.717, 1.165) is 21.5 Å². The third kappa shape index (κ3) is 3.67. The van der Waals surface area contributed by atoms with Crippen molar-refractivity contribution < 1.29 is 4.79 Å². The molecular formula is C14H16BrN3O. The van der Waals surface area contributed by atoms with E-state index in [9.17, 15) is 4.79 Å². The van der Waals surface area contributed by atoms with Crippen LogP contribution in [0.15, 0.2) is 34.8 Å². The Bertz CT molecular complexity index is 592. The van der Waals surface area contributed by atoms with E-state index >= 15 is 0 Å². The van der Waals surface area contributed by atoms with Gasteiger partial charge in [-0.3, -0.25) is 9.48 Å². The quantitative estimate of drug-likeness (QED) is 0.940. The number of carbonyl (C=O) groups is 1. The van der Waals surface area contributed by atoms with Crippen LogP contribution in [-0.4, -0.2) is 15.7 Å². The van der Waals surface area contributed by atoms with Crippen molar-refractivity contribution in [2.24, 2.45) is 7.05 Å². The van der Waals surface area contributed by atoms with Gasteiger partial charge in [0.15, 0.2) is 0 Å². The molecule has 5 heteroatoms. The number of halogens is 1. The first-order chi connectivity index (χ1) is 9.06. The average Bonchev–Trinajstić information content (AvgIpc) is 2.67. The van der Waals surface area contributed by atoms with Crippen molar-refractivity contribution in [2.75, 3.05) is 5.32 Å². The molecule has 100 valence electrons. The molecule has 19 heavy (non-hydrogen) atoms. The highest BCUT2D eigenvalue weighted by Gasteiger charge is 2.08. The third-order valence-corrected chi connectivity index (χ3v) is 3.62. The predicted molar refractivity (Wildman–Crippen MR) is 79.0 cm³/mol. The average molecular weight is 322 g/mol. The van der Waals surface area contributed by atoms with E-state index in [1.807, 2.05) is 44.3 Å². The van der Waals surface area contributed by atoms with E-state index in [1.165, 1.54) is 0 Å². The van der Waals surface area contributed by atoms with Crippen molar-refractivity contribution in [2.45, 2.75) is 19.8 Å². The van der Waals surface area contributed by atoms with Crippen LogP contribution in [0.2, 0.25) is 0 Å². The van der Waals surface area contributed by atoms with Crippen LogP contribution < -0.4 is 5.32 Å². The zero-order valence-corrected chi connectivity index (χ0v) is 12.6. The molecule has 4 nitrogen and oxygen atoms in total. The highest BCUT2D eigenvalue weighted by atomic mass is 79.9. The lowest BCUT2D eigenvalue weighted by Crippen LogP contribution is -2.14. The molecule has 0 saturated carbocycles. The number of benzene rings is 1. The van der Waals surface area contributed by atoms with E-state index in [-0.39, 0.29) is 5.91 Å². The minimum Gasteiger partial charge on any atom is -0.311 e. The zero-order valence-electron chi connectivity index (χ0n) is 11.0. The molecule has 1 aromatic carbocycles. The summed E-state index contributed by atoms with van der Waals surface area (Å²) in [5.74, 6) is 0.730. The highest BCUT2D eigenvalue weighted by Crippen LogP contribution is 2.17. The molecule has 0 atom stereocenters. The van der Waals surface area contributed by atoms with Crippen LogP contribution in [0.3, 0.4) is 0 Å². The van der Waals surface area contributed by atoms with Gasteiger partial charge in [0.05, 0.1) is 5.69 Å². The van der Waals surface area contributed by atoms with Gasteiger partial charge < -0.3 is 5.32 Å². The maximum Gasteiger partial charge on any atom is 0.225 e. The van der Waals surface area contributed by atoms with Crippen molar-refractivity contribution in [1.29, 1.82) is 0 Å². The molecule has 0 aliphatic carbocycles. The molecule has 1 amide bonds. The first-order valence-electron chi connectivity index (χ1n) is 6.10. The van der Waals surface area contributed by atoms with Gasteiger partial charge >= 0.3 is 0 Å². The monoisotopic (exact) mass is 321 g/mol. The Morgan fingerprint density at radius 1 is 1.42 bits per heavy atom. The molecule has 1 aromatic heterocycles. The molecule has 0 fully saturated rings. The lowest BCUT2D eigenvalue weighted by Gasteiger charge is -2.06. The first-order valence-corrected chi connectivity index (χ1v) is 6.89. The predicted octanol–water partition coefficient (Wildman–Crippen LogP) is 3.06. The number of nitrogens with zero attached hydrogens (tertiary/aromatic N) is 2. The number of aryl methyl sites for hydroxylation is 3. The van der Waals surface area contributed by atoms with Crippen LogP contribution in [0.4, 0.5) is 5.82 Å². The summed E-state index contributed by atoms with van der Waals surface area (Å²) in [4.78, 5) is 11.9. The standard InChI is InChI=1S/C14H16BrN3O/c1-10-9-13(18(2)17-10)16-14(19)8-7-11-5-3-4-6-12(11)15/h3-6,9H,7-8H2,1-2H3,(H,16,19). The zero-order chi connectivity index (χ0) is 13.8. The fraction of sp³-hybridized carbons (Fsp3) is 0.286. The van der Waals surface area contributed by atoms with E-state index < -0.39 is 0 Å². The molecule has 2 aromatic rings. The molecule has 0 radical (unpaired) electrons. The SMILES string of the molecule is Cc1cc(NC(=O)CCc2ccccc2Br)n(C)n1. The normalized spacial score (nSPS) is 10.5. The summed E-state index contributed by atoms with van der Waals surface area (Å²) in [5, 5.41) is 7.06. The van der Waals surface area contributed by atoms with Crippen molar-refractivity contribution in [1.82, 2.24) is 9.78 Å². The van der Waals surface area contributed by atoms with Crippen LogP contribution in [0, 0.1) is 6.92 Å². The van der Waals surface area contributed by atoms with Crippen LogP contribution in [0.5, 0.6) is 0 Å². The first kappa shape index (κ1) is 13.8. The van der Waals surface area contributed by atoms with Gasteiger partial charge in [0.25, 0.3) is 0 Å². The maximum absolute atomic E-state index is 11.9. The maximum atomic E-state index is 11.9. The molecule has 0 aliphatic rings. The van der Waals surface area contributed by atoms with E-state index in [0.29, 0.717) is 12.8 Å². The number of carbonyl (C=O) groups excluding carboxylic acids is 1. The van der Waals surface area contributed by atoms with Crippen molar-refractivity contribution in [3.8, 4) is 0 Å². The summed E-state index contributed by atoms with van der Waals surface area (Å²) < 4.78 is 2.71. The largest absolute Gasteiger partial charge is 0.311 e. The topological polar surface area (TPSA) is 46.9 Å². The Balaban J connectivity index is 1.92. The van der Waals surface area contributed by atoms with Crippen LogP contribution in [0.1, 0.15) is 17.7 Å². The second kappa shape index (κ2) is 6.02. The van der Waals surface area contributed by atoms with Gasteiger partial charge in [0, 0.05) is 24.0 Å². The van der Waals surface area contributed by atoms with Crippen LogP contribution >= 0.6 is 15.9 Å². The number of aromatic nitrogens is 2. The lowest BCUT2D eigenvalue weighted by molar-refractivity contribution is -0.116. The van der Waals surface area contributed by atoms with Gasteiger partial charge in [0.2, 0.25) is 5.91 Å². The Kier molecular flexibility index (Phi) is 4.37. The number of amides is 1. The minimum atomic E-state index is -0.00115. The summed E-state index contributed by atoms with van der Waals surface area (Å²) in [6.07, 6.45) is 1.16. The summed E-state index contributed by atoms with van der Waals surface area (Å²) in [6.45, 7) is 1.90. The third-order valence-electron chi connectivity index (χ3n) is 2.85. The van der Waals surface area contributed by atoms with Crippen molar-refractivity contribution in [3.63, 3.8) is 0 Å². The lowest BCUT2D eigenvalue weighted by atomic mass is 10.1. The molecule has 0 saturated heterocycles. The van der Waals surface area contributed by atoms with Gasteiger partial charge in [-0.15, -0.1) is 0 Å². The fourth-order valence-corrected chi connectivity index (χ4v) is 2.37. The van der Waals surface area contributed by atoms with Crippen molar-refractivity contribution in [3.05, 3.63) is 46.1 Å². The summed E-state index contributed by atoms with van der Waals surface area (Å²) in [6, 6.07) is 9.80. The fourth-order valence-electron chi connectivity index (χ4n) is 1.88. The van der Waals surface area contributed by atoms with E-state index in [2.05, 4.69) is 26.3 Å². The van der Waals surface area contributed by atoms with Gasteiger partial charge in [0.1, 0.15) is 5.82 Å². The van der Waals surface area contributed by atoms with Crippen molar-refractivity contribution >= 4 is 27.7 Å². The minimum absolute atomic E-state index is 0.00115. The second-order valence-corrected chi connectivity index (χ2v) is 5.29. The Morgan fingerprint density at radius 2 is 2.16 bits per heavy atom. The van der Waals surface area contributed by atoms with Gasteiger partial charge in [-0.05, 0) is 25.0 Å². The molecular weight excluding hydrogens is 306 g/mol. The molecule has 0 spiro atoms. The molecule has 2 rings (SSSR count). The van der Waals surface area contributed by atoms with Gasteiger partial charge in [-0.2, -0.15) is 5.10 Å². The summed E-state index contributed by atoms with van der Waals surface area (Å²) >= 11 is 3.48. The van der Waals surface area contributed by atoms with Crippen LogP contribution in [-0.2, 0) is 18.3 Å². The van der Waals surface area contributed by atoms with Gasteiger partial charge in [-0.1, -0.05) is 34.1 Å². The number of rotatable bonds is 4. The van der Waals surface area contributed by atoms with E-state index in [1.54, 1.807) is 4.68 Å². The van der Waals surface area contributed by atoms with Crippen LogP contribution in [0.25, 0.3) is 0 Å². The summed E-state index contributed by atoms with van der Waals surface area (Å²) in [7, 11) is 1.82. The molecule has 1 N–H and O–H groups in total. The molecule has 1 heterocycles. The number of hydrogen-bond donors (Lipinski definition) is 1. The smallest absolute Gasteiger partial charge is 0.225 e. The Labute approximate surface area is 120 Å². The van der Waals surface area contributed by atoms with Gasteiger partial charge in [-0.25, -0.2) is 0 Å². The molecule has 0 aliphatic heterocycles. The second-order valence-electron chi connectivity index (χ2n) is 4.43. The number of hydrogen-bond acceptors (Lipinski definition) is 2. The Hall–Kier alpha value is -1.62. The highest BCUT2D eigenvalue weighted by molar-refractivity contribution is 9.10. The molecule has 0 unspecified atom stereocenters.